The minimum absolute atomic E-state index is 0.271. The van der Waals surface area contributed by atoms with Crippen molar-refractivity contribution in [1.29, 1.82) is 0 Å². The van der Waals surface area contributed by atoms with E-state index in [1.807, 2.05) is 30.3 Å². The van der Waals surface area contributed by atoms with Crippen LogP contribution in [0.2, 0.25) is 0 Å². The van der Waals surface area contributed by atoms with Gasteiger partial charge in [0, 0.05) is 19.5 Å². The van der Waals surface area contributed by atoms with E-state index in [2.05, 4.69) is 15.2 Å². The SMILES string of the molecule is COC[C@H](O)Cn1ccnc1N=Nc1ccccc1. The van der Waals surface area contributed by atoms with Crippen LogP contribution in [0.25, 0.3) is 0 Å². The zero-order valence-electron chi connectivity index (χ0n) is 10.7. The van der Waals surface area contributed by atoms with Crippen LogP contribution in [0.1, 0.15) is 0 Å². The molecule has 6 heteroatoms. The van der Waals surface area contributed by atoms with Gasteiger partial charge < -0.3 is 14.4 Å². The predicted molar refractivity (Wildman–Crippen MR) is 70.7 cm³/mol. The number of ether oxygens (including phenoxy) is 1. The smallest absolute Gasteiger partial charge is 0.249 e. The molecule has 100 valence electrons. The van der Waals surface area contributed by atoms with Crippen molar-refractivity contribution in [2.75, 3.05) is 13.7 Å². The van der Waals surface area contributed by atoms with Crippen molar-refractivity contribution in [3.05, 3.63) is 42.7 Å². The highest BCUT2D eigenvalue weighted by atomic mass is 16.5. The predicted octanol–water partition coefficient (Wildman–Crippen LogP) is 2.31. The molecule has 19 heavy (non-hydrogen) atoms. The summed E-state index contributed by atoms with van der Waals surface area (Å²) < 4.78 is 6.62. The van der Waals surface area contributed by atoms with Crippen molar-refractivity contribution in [2.45, 2.75) is 12.6 Å². The van der Waals surface area contributed by atoms with Crippen molar-refractivity contribution in [3.63, 3.8) is 0 Å². The highest BCUT2D eigenvalue weighted by Gasteiger charge is 2.08. The molecule has 6 nitrogen and oxygen atoms in total. The van der Waals surface area contributed by atoms with Crippen LogP contribution in [0.15, 0.2) is 53.0 Å². The molecule has 0 amide bonds. The minimum Gasteiger partial charge on any atom is -0.389 e. The Morgan fingerprint density at radius 3 is 2.84 bits per heavy atom. The van der Waals surface area contributed by atoms with Crippen LogP contribution in [0.5, 0.6) is 0 Å². The summed E-state index contributed by atoms with van der Waals surface area (Å²) in [7, 11) is 1.55. The summed E-state index contributed by atoms with van der Waals surface area (Å²) in [5.74, 6) is 0.457. The summed E-state index contributed by atoms with van der Waals surface area (Å²) in [4.78, 5) is 4.10. The quantitative estimate of drug-likeness (QED) is 0.810. The van der Waals surface area contributed by atoms with Gasteiger partial charge in [-0.3, -0.25) is 0 Å². The van der Waals surface area contributed by atoms with Gasteiger partial charge in [-0.25, -0.2) is 4.98 Å². The first-order chi connectivity index (χ1) is 9.29. The van der Waals surface area contributed by atoms with Gasteiger partial charge in [-0.1, -0.05) is 18.2 Å². The molecule has 2 aromatic rings. The number of hydrogen-bond acceptors (Lipinski definition) is 5. The lowest BCUT2D eigenvalue weighted by Gasteiger charge is -2.10. The molecule has 0 spiro atoms. The molecule has 0 unspecified atom stereocenters. The van der Waals surface area contributed by atoms with Gasteiger partial charge in [0.05, 0.1) is 24.9 Å². The van der Waals surface area contributed by atoms with Gasteiger partial charge >= 0.3 is 0 Å². The number of hydrogen-bond donors (Lipinski definition) is 1. The number of aliphatic hydroxyl groups excluding tert-OH is 1. The fourth-order valence-electron chi connectivity index (χ4n) is 1.62. The first-order valence-corrected chi connectivity index (χ1v) is 5.94. The van der Waals surface area contributed by atoms with Crippen molar-refractivity contribution >= 4 is 11.6 Å². The number of imidazole rings is 1. The number of nitrogens with zero attached hydrogens (tertiary/aromatic N) is 4. The van der Waals surface area contributed by atoms with Gasteiger partial charge in [0.1, 0.15) is 0 Å². The second-order valence-corrected chi connectivity index (χ2v) is 4.02. The summed E-state index contributed by atoms with van der Waals surface area (Å²) in [6, 6.07) is 9.42. The largest absolute Gasteiger partial charge is 0.389 e. The maximum atomic E-state index is 9.68. The molecule has 1 atom stereocenters. The minimum atomic E-state index is -0.593. The van der Waals surface area contributed by atoms with Crippen LogP contribution in [0, 0.1) is 0 Å². The van der Waals surface area contributed by atoms with E-state index in [9.17, 15) is 5.11 Å². The fourth-order valence-corrected chi connectivity index (χ4v) is 1.62. The second-order valence-electron chi connectivity index (χ2n) is 4.02. The molecule has 0 bridgehead atoms. The zero-order chi connectivity index (χ0) is 13.5. The van der Waals surface area contributed by atoms with E-state index in [0.29, 0.717) is 12.5 Å². The highest BCUT2D eigenvalue weighted by molar-refractivity contribution is 5.35. The van der Waals surface area contributed by atoms with E-state index in [1.54, 1.807) is 24.1 Å². The first-order valence-electron chi connectivity index (χ1n) is 5.94. The lowest BCUT2D eigenvalue weighted by molar-refractivity contribution is 0.0539. The maximum absolute atomic E-state index is 9.68. The Bertz CT molecular complexity index is 524. The third-order valence-electron chi connectivity index (χ3n) is 2.47. The van der Waals surface area contributed by atoms with Gasteiger partial charge in [0.2, 0.25) is 5.95 Å². The molecule has 1 heterocycles. The first kappa shape index (κ1) is 13.4. The van der Waals surface area contributed by atoms with Gasteiger partial charge in [-0.05, 0) is 12.1 Å². The monoisotopic (exact) mass is 260 g/mol. The second kappa shape index (κ2) is 6.77. The normalized spacial score (nSPS) is 12.9. The Hall–Kier alpha value is -2.05. The highest BCUT2D eigenvalue weighted by Crippen LogP contribution is 2.16. The van der Waals surface area contributed by atoms with E-state index < -0.39 is 6.10 Å². The van der Waals surface area contributed by atoms with Crippen molar-refractivity contribution in [2.24, 2.45) is 10.2 Å². The third-order valence-corrected chi connectivity index (χ3v) is 2.47. The number of aliphatic hydroxyl groups is 1. The van der Waals surface area contributed by atoms with Gasteiger partial charge in [0.25, 0.3) is 0 Å². The van der Waals surface area contributed by atoms with Crippen LogP contribution >= 0.6 is 0 Å². The molecular weight excluding hydrogens is 244 g/mol. The molecule has 1 N–H and O–H groups in total. The van der Waals surface area contributed by atoms with Crippen molar-refractivity contribution in [1.82, 2.24) is 9.55 Å². The maximum Gasteiger partial charge on any atom is 0.249 e. The zero-order valence-corrected chi connectivity index (χ0v) is 10.7. The average Bonchev–Trinajstić information content (AvgIpc) is 2.85. The van der Waals surface area contributed by atoms with Crippen LogP contribution in [0.4, 0.5) is 11.6 Å². The van der Waals surface area contributed by atoms with Gasteiger partial charge in [0.15, 0.2) is 0 Å². The molecular formula is C13H16N4O2. The topological polar surface area (TPSA) is 72.0 Å². The summed E-state index contributed by atoms with van der Waals surface area (Å²) in [6.07, 6.45) is 2.78. The number of azo groups is 1. The van der Waals surface area contributed by atoms with Crippen LogP contribution in [-0.2, 0) is 11.3 Å². The molecule has 0 radical (unpaired) electrons. The lowest BCUT2D eigenvalue weighted by atomic mass is 10.3. The molecule has 0 aliphatic heterocycles. The molecule has 0 fully saturated rings. The van der Waals surface area contributed by atoms with Gasteiger partial charge in [-0.2, -0.15) is 0 Å². The standard InChI is InChI=1S/C13H16N4O2/c1-19-10-12(18)9-17-8-7-14-13(17)16-15-11-5-3-2-4-6-11/h2-8,12,18H,9-10H2,1H3/t12-/m1/s1. The van der Waals surface area contributed by atoms with Crippen LogP contribution in [0.3, 0.4) is 0 Å². The fraction of sp³-hybridized carbons (Fsp3) is 0.308. The van der Waals surface area contributed by atoms with Crippen molar-refractivity contribution < 1.29 is 9.84 Å². The molecule has 0 saturated heterocycles. The molecule has 0 aliphatic rings. The molecule has 0 saturated carbocycles. The lowest BCUT2D eigenvalue weighted by Crippen LogP contribution is -2.20. The third kappa shape index (κ3) is 3.97. The summed E-state index contributed by atoms with van der Waals surface area (Å²) >= 11 is 0. The van der Waals surface area contributed by atoms with Crippen molar-refractivity contribution in [3.8, 4) is 0 Å². The molecule has 1 aromatic heterocycles. The Morgan fingerprint density at radius 2 is 2.11 bits per heavy atom. The molecule has 0 aliphatic carbocycles. The Morgan fingerprint density at radius 1 is 1.32 bits per heavy atom. The number of methoxy groups -OCH3 is 1. The number of benzene rings is 1. The van der Waals surface area contributed by atoms with Crippen LogP contribution < -0.4 is 0 Å². The van der Waals surface area contributed by atoms with E-state index in [1.165, 1.54) is 0 Å². The molecule has 1 aromatic carbocycles. The Balaban J connectivity index is 2.05. The number of rotatable bonds is 6. The number of aromatic nitrogens is 2. The van der Waals surface area contributed by atoms with Crippen LogP contribution in [-0.4, -0.2) is 34.5 Å². The van der Waals surface area contributed by atoms with E-state index in [-0.39, 0.29) is 6.61 Å². The average molecular weight is 260 g/mol. The van der Waals surface area contributed by atoms with E-state index in [0.717, 1.165) is 5.69 Å². The Kier molecular flexibility index (Phi) is 4.77. The summed E-state index contributed by atoms with van der Waals surface area (Å²) in [5.41, 5.74) is 0.759. The van der Waals surface area contributed by atoms with E-state index >= 15 is 0 Å². The Labute approximate surface area is 111 Å². The summed E-state index contributed by atoms with van der Waals surface area (Å²) in [5, 5.41) is 17.9. The summed E-state index contributed by atoms with van der Waals surface area (Å²) in [6.45, 7) is 0.643. The van der Waals surface area contributed by atoms with E-state index in [4.69, 9.17) is 4.74 Å². The van der Waals surface area contributed by atoms with Gasteiger partial charge in [-0.15, -0.1) is 10.2 Å². The molecule has 2 rings (SSSR count).